The van der Waals surface area contributed by atoms with Crippen LogP contribution in [0.3, 0.4) is 0 Å². The van der Waals surface area contributed by atoms with Crippen LogP contribution in [0.1, 0.15) is 18.9 Å². The van der Waals surface area contributed by atoms with Crippen LogP contribution in [-0.2, 0) is 44.7 Å². The van der Waals surface area contributed by atoms with Gasteiger partial charge in [0.05, 0.1) is 13.2 Å². The van der Waals surface area contributed by atoms with Crippen LogP contribution in [0.15, 0.2) is 30.3 Å². The summed E-state index contributed by atoms with van der Waals surface area (Å²) in [7, 11) is 2.77. The standard InChI is InChI=1S/C21H30N2O9S/c1-14(24)23(21(27)31-11-15-7-5-4-6-8-15)17(12-30-13-18(28-2)29-3)20(26)32-19(25)16(22)9-10-33/h4-8,16-18,33H,9-13,22H2,1-3H3/t16-,17-/m0/s1. The normalized spacial score (nSPS) is 12.7. The maximum Gasteiger partial charge on any atom is 0.417 e. The third kappa shape index (κ3) is 9.88. The lowest BCUT2D eigenvalue weighted by Gasteiger charge is -2.27. The Hall–Kier alpha value is -2.51. The van der Waals surface area contributed by atoms with Gasteiger partial charge >= 0.3 is 18.0 Å². The molecule has 2 atom stereocenters. The summed E-state index contributed by atoms with van der Waals surface area (Å²) in [6.07, 6.45) is -1.71. The van der Waals surface area contributed by atoms with E-state index in [2.05, 4.69) is 12.6 Å². The quantitative estimate of drug-likeness (QED) is 0.179. The SMILES string of the molecule is COC(COC[C@@H](C(=O)OC(=O)[C@@H](N)CCS)N(C(C)=O)C(=O)OCc1ccccc1)OC. The summed E-state index contributed by atoms with van der Waals surface area (Å²) in [6, 6.07) is 6.01. The molecule has 0 unspecified atom stereocenters. The van der Waals surface area contributed by atoms with Crippen LogP contribution in [0.4, 0.5) is 4.79 Å². The van der Waals surface area contributed by atoms with Crippen LogP contribution in [0.2, 0.25) is 0 Å². The number of carbonyl (C=O) groups is 4. The van der Waals surface area contributed by atoms with Crippen molar-refractivity contribution in [2.75, 3.05) is 33.2 Å². The first-order valence-electron chi connectivity index (χ1n) is 10.0. The van der Waals surface area contributed by atoms with E-state index < -0.39 is 48.9 Å². The van der Waals surface area contributed by atoms with E-state index in [1.165, 1.54) is 14.2 Å². The van der Waals surface area contributed by atoms with Crippen molar-refractivity contribution in [3.63, 3.8) is 0 Å². The van der Waals surface area contributed by atoms with Crippen LogP contribution in [0.25, 0.3) is 0 Å². The van der Waals surface area contributed by atoms with E-state index in [1.54, 1.807) is 30.3 Å². The lowest BCUT2D eigenvalue weighted by molar-refractivity contribution is -0.171. The van der Waals surface area contributed by atoms with E-state index in [9.17, 15) is 19.2 Å². The van der Waals surface area contributed by atoms with Crippen molar-refractivity contribution in [1.29, 1.82) is 0 Å². The molecule has 0 aliphatic heterocycles. The van der Waals surface area contributed by atoms with Crippen molar-refractivity contribution in [3.05, 3.63) is 35.9 Å². The summed E-state index contributed by atoms with van der Waals surface area (Å²) in [4.78, 5) is 50.3. The highest BCUT2D eigenvalue weighted by molar-refractivity contribution is 7.80. The predicted octanol–water partition coefficient (Wildman–Crippen LogP) is 0.893. The third-order valence-electron chi connectivity index (χ3n) is 4.32. The average Bonchev–Trinajstić information content (AvgIpc) is 2.80. The minimum absolute atomic E-state index is 0.130. The second kappa shape index (κ2) is 15.3. The first-order chi connectivity index (χ1) is 15.7. The molecule has 0 saturated carbocycles. The van der Waals surface area contributed by atoms with Gasteiger partial charge in [0.15, 0.2) is 12.3 Å². The lowest BCUT2D eigenvalue weighted by atomic mass is 10.2. The van der Waals surface area contributed by atoms with Crippen LogP contribution in [0.5, 0.6) is 0 Å². The number of carbonyl (C=O) groups excluding carboxylic acids is 4. The van der Waals surface area contributed by atoms with E-state index in [1.807, 2.05) is 0 Å². The van der Waals surface area contributed by atoms with Gasteiger partial charge in [0.2, 0.25) is 5.91 Å². The molecule has 0 aliphatic rings. The van der Waals surface area contributed by atoms with Crippen LogP contribution in [0, 0.1) is 0 Å². The largest absolute Gasteiger partial charge is 0.444 e. The molecule has 11 nitrogen and oxygen atoms in total. The van der Waals surface area contributed by atoms with E-state index in [-0.39, 0.29) is 25.4 Å². The van der Waals surface area contributed by atoms with Gasteiger partial charge < -0.3 is 29.4 Å². The minimum Gasteiger partial charge on any atom is -0.444 e. The number of esters is 2. The molecule has 0 radical (unpaired) electrons. The maximum absolute atomic E-state index is 12.7. The van der Waals surface area contributed by atoms with Gasteiger partial charge in [-0.15, -0.1) is 0 Å². The first-order valence-corrected chi connectivity index (χ1v) is 10.6. The number of benzene rings is 1. The van der Waals surface area contributed by atoms with Gasteiger partial charge in [-0.1, -0.05) is 30.3 Å². The van der Waals surface area contributed by atoms with Gasteiger partial charge in [0, 0.05) is 21.1 Å². The number of amides is 2. The number of rotatable bonds is 13. The zero-order chi connectivity index (χ0) is 24.8. The van der Waals surface area contributed by atoms with Crippen molar-refractivity contribution in [1.82, 2.24) is 4.90 Å². The van der Waals surface area contributed by atoms with Gasteiger partial charge in [-0.05, 0) is 17.7 Å². The lowest BCUT2D eigenvalue weighted by Crippen LogP contribution is -2.52. The van der Waals surface area contributed by atoms with Crippen molar-refractivity contribution in [3.8, 4) is 0 Å². The molecule has 184 valence electrons. The molecule has 0 bridgehead atoms. The Morgan fingerprint density at radius 1 is 1.03 bits per heavy atom. The number of methoxy groups -OCH3 is 2. The highest BCUT2D eigenvalue weighted by atomic mass is 32.1. The third-order valence-corrected chi connectivity index (χ3v) is 4.58. The number of imide groups is 1. The summed E-state index contributed by atoms with van der Waals surface area (Å²) in [5.74, 6) is -2.75. The smallest absolute Gasteiger partial charge is 0.417 e. The molecule has 0 saturated heterocycles. The van der Waals surface area contributed by atoms with Crippen molar-refractivity contribution >= 4 is 36.6 Å². The molecule has 0 heterocycles. The topological polar surface area (TPSA) is 144 Å². The van der Waals surface area contributed by atoms with Gasteiger partial charge in [0.25, 0.3) is 0 Å². The van der Waals surface area contributed by atoms with E-state index in [0.717, 1.165) is 6.92 Å². The Morgan fingerprint density at radius 2 is 1.67 bits per heavy atom. The number of hydrogen-bond donors (Lipinski definition) is 2. The monoisotopic (exact) mass is 486 g/mol. The summed E-state index contributed by atoms with van der Waals surface area (Å²) in [6.45, 7) is 0.282. The van der Waals surface area contributed by atoms with E-state index >= 15 is 0 Å². The van der Waals surface area contributed by atoms with Crippen molar-refractivity contribution in [2.24, 2.45) is 5.73 Å². The Labute approximate surface area is 197 Å². The van der Waals surface area contributed by atoms with Gasteiger partial charge in [-0.2, -0.15) is 12.6 Å². The van der Waals surface area contributed by atoms with Crippen LogP contribution < -0.4 is 5.73 Å². The molecule has 12 heteroatoms. The molecule has 2 N–H and O–H groups in total. The van der Waals surface area contributed by atoms with Gasteiger partial charge in [-0.25, -0.2) is 19.3 Å². The molecular weight excluding hydrogens is 456 g/mol. The molecule has 0 aliphatic carbocycles. The summed E-state index contributed by atoms with van der Waals surface area (Å²) in [5, 5.41) is 0. The average molecular weight is 487 g/mol. The fourth-order valence-electron chi connectivity index (χ4n) is 2.52. The van der Waals surface area contributed by atoms with Crippen LogP contribution in [-0.4, -0.2) is 80.4 Å². The second-order valence-corrected chi connectivity index (χ2v) is 7.19. The molecule has 0 fully saturated rings. The first kappa shape index (κ1) is 28.5. The van der Waals surface area contributed by atoms with Crippen molar-refractivity contribution < 1.29 is 42.9 Å². The van der Waals surface area contributed by atoms with Gasteiger partial charge in [-0.3, -0.25) is 4.79 Å². The molecule has 0 aromatic heterocycles. The maximum atomic E-state index is 12.7. The zero-order valence-corrected chi connectivity index (χ0v) is 19.7. The molecule has 1 rings (SSSR count). The number of nitrogens with two attached hydrogens (primary N) is 1. The molecule has 1 aromatic carbocycles. The summed E-state index contributed by atoms with van der Waals surface area (Å²) < 4.78 is 25.4. The fourth-order valence-corrected chi connectivity index (χ4v) is 2.80. The van der Waals surface area contributed by atoms with E-state index in [0.29, 0.717) is 10.5 Å². The molecule has 33 heavy (non-hydrogen) atoms. The highest BCUT2D eigenvalue weighted by Gasteiger charge is 2.37. The Balaban J connectivity index is 3.00. The molecule has 2 amide bonds. The molecule has 1 aromatic rings. The fraction of sp³-hybridized carbons (Fsp3) is 0.524. The zero-order valence-electron chi connectivity index (χ0n) is 18.8. The second-order valence-electron chi connectivity index (χ2n) is 6.74. The number of thiol groups is 1. The number of ether oxygens (including phenoxy) is 5. The predicted molar refractivity (Wildman–Crippen MR) is 119 cm³/mol. The summed E-state index contributed by atoms with van der Waals surface area (Å²) in [5.41, 5.74) is 6.32. The van der Waals surface area contributed by atoms with Gasteiger partial charge in [0.1, 0.15) is 12.6 Å². The van der Waals surface area contributed by atoms with Crippen molar-refractivity contribution in [2.45, 2.75) is 38.3 Å². The Morgan fingerprint density at radius 3 is 2.21 bits per heavy atom. The summed E-state index contributed by atoms with van der Waals surface area (Å²) >= 11 is 3.98. The minimum atomic E-state index is -1.62. The Kier molecular flexibility index (Phi) is 13.3. The highest BCUT2D eigenvalue weighted by Crippen LogP contribution is 2.11. The van der Waals surface area contributed by atoms with Crippen LogP contribution >= 0.6 is 12.6 Å². The molecule has 0 spiro atoms. The number of hydrogen-bond acceptors (Lipinski definition) is 11. The Bertz CT molecular complexity index is 774. The number of nitrogens with zero attached hydrogens (tertiary/aromatic N) is 1. The molecular formula is C21H30N2O9S. The van der Waals surface area contributed by atoms with E-state index in [4.69, 9.17) is 29.4 Å².